The number of urea groups is 1. The van der Waals surface area contributed by atoms with Gasteiger partial charge in [0.15, 0.2) is 0 Å². The summed E-state index contributed by atoms with van der Waals surface area (Å²) in [6.07, 6.45) is 2.07. The highest BCUT2D eigenvalue weighted by Crippen LogP contribution is 2.42. The quantitative estimate of drug-likeness (QED) is 0.914. The molecule has 2 aliphatic rings. The zero-order valence-electron chi connectivity index (χ0n) is 15.7. The van der Waals surface area contributed by atoms with Crippen molar-refractivity contribution in [3.05, 3.63) is 35.4 Å². The van der Waals surface area contributed by atoms with Crippen molar-refractivity contribution in [2.24, 2.45) is 5.92 Å². The fourth-order valence-corrected chi connectivity index (χ4v) is 3.66. The molecule has 1 aliphatic heterocycles. The van der Waals surface area contributed by atoms with E-state index in [1.807, 2.05) is 24.0 Å². The Morgan fingerprint density at radius 2 is 2.04 bits per heavy atom. The van der Waals surface area contributed by atoms with Gasteiger partial charge < -0.3 is 15.1 Å². The molecule has 0 aromatic heterocycles. The van der Waals surface area contributed by atoms with Crippen molar-refractivity contribution in [3.63, 3.8) is 0 Å². The second-order valence-corrected chi connectivity index (χ2v) is 7.86. The average molecular weight is 343 g/mol. The summed E-state index contributed by atoms with van der Waals surface area (Å²) in [6, 6.07) is 7.71. The molecule has 1 unspecified atom stereocenters. The van der Waals surface area contributed by atoms with E-state index in [1.165, 1.54) is 5.56 Å². The van der Waals surface area contributed by atoms with Gasteiger partial charge in [0.25, 0.3) is 0 Å². The molecule has 25 heavy (non-hydrogen) atoms. The highest BCUT2D eigenvalue weighted by Gasteiger charge is 2.48. The first kappa shape index (κ1) is 17.8. The number of carbonyl (C=O) groups is 2. The van der Waals surface area contributed by atoms with Crippen LogP contribution < -0.4 is 5.32 Å². The van der Waals surface area contributed by atoms with E-state index in [2.05, 4.69) is 38.2 Å². The summed E-state index contributed by atoms with van der Waals surface area (Å²) in [5.74, 6) is 0.447. The molecule has 1 saturated heterocycles. The molecule has 1 aromatic carbocycles. The third kappa shape index (κ3) is 3.65. The number of rotatable bonds is 4. The van der Waals surface area contributed by atoms with Gasteiger partial charge in [-0.3, -0.25) is 4.79 Å². The predicted octanol–water partition coefficient (Wildman–Crippen LogP) is 2.93. The molecule has 1 atom stereocenters. The fourth-order valence-electron chi connectivity index (χ4n) is 3.66. The molecule has 1 saturated carbocycles. The monoisotopic (exact) mass is 343 g/mol. The van der Waals surface area contributed by atoms with Crippen molar-refractivity contribution >= 4 is 11.9 Å². The van der Waals surface area contributed by atoms with E-state index in [4.69, 9.17) is 0 Å². The van der Waals surface area contributed by atoms with Gasteiger partial charge in [-0.2, -0.15) is 0 Å². The Labute approximate surface area is 150 Å². The summed E-state index contributed by atoms with van der Waals surface area (Å²) in [5.41, 5.74) is 2.27. The van der Waals surface area contributed by atoms with Crippen molar-refractivity contribution in [1.82, 2.24) is 15.1 Å². The number of nitrogens with one attached hydrogen (secondary N) is 1. The van der Waals surface area contributed by atoms with Crippen LogP contribution in [0.25, 0.3) is 0 Å². The summed E-state index contributed by atoms with van der Waals surface area (Å²) in [5, 5.41) is 3.18. The van der Waals surface area contributed by atoms with Gasteiger partial charge in [0.2, 0.25) is 5.91 Å². The summed E-state index contributed by atoms with van der Waals surface area (Å²) in [4.78, 5) is 29.0. The van der Waals surface area contributed by atoms with Crippen molar-refractivity contribution in [3.8, 4) is 0 Å². The standard InChI is InChI=1S/C20H29N3O2/c1-14(2)20(8-9-20)21-19(25)23-11-10-22(18(24)16(23)4)13-17-7-5-6-15(3)12-17/h5-7,12,14,16H,8-11,13H2,1-4H3,(H,21,25). The SMILES string of the molecule is Cc1cccc(CN2CCN(C(=O)NC3(C(C)C)CC3)C(C)C2=O)c1. The predicted molar refractivity (Wildman–Crippen MR) is 98.1 cm³/mol. The van der Waals surface area contributed by atoms with Gasteiger partial charge in [0, 0.05) is 25.2 Å². The summed E-state index contributed by atoms with van der Waals surface area (Å²) >= 11 is 0. The van der Waals surface area contributed by atoms with Crippen molar-refractivity contribution in [2.75, 3.05) is 13.1 Å². The van der Waals surface area contributed by atoms with Crippen LogP contribution in [-0.2, 0) is 11.3 Å². The van der Waals surface area contributed by atoms with Crippen LogP contribution in [0.15, 0.2) is 24.3 Å². The van der Waals surface area contributed by atoms with Crippen LogP contribution in [-0.4, -0.2) is 46.4 Å². The normalized spacial score (nSPS) is 22.3. The second-order valence-electron chi connectivity index (χ2n) is 7.86. The van der Waals surface area contributed by atoms with Crippen molar-refractivity contribution in [2.45, 2.75) is 58.7 Å². The molecule has 5 heteroatoms. The second kappa shape index (κ2) is 6.70. The number of benzene rings is 1. The first-order chi connectivity index (χ1) is 11.8. The van der Waals surface area contributed by atoms with Crippen LogP contribution in [0, 0.1) is 12.8 Å². The molecule has 1 heterocycles. The maximum Gasteiger partial charge on any atom is 0.318 e. The number of piperazine rings is 1. The molecule has 0 spiro atoms. The molecule has 2 fully saturated rings. The van der Waals surface area contributed by atoms with E-state index in [-0.39, 0.29) is 17.5 Å². The number of nitrogens with zero attached hydrogens (tertiary/aromatic N) is 2. The minimum Gasteiger partial charge on any atom is -0.335 e. The van der Waals surface area contributed by atoms with E-state index < -0.39 is 6.04 Å². The number of hydrogen-bond donors (Lipinski definition) is 1. The van der Waals surface area contributed by atoms with Crippen LogP contribution in [0.2, 0.25) is 0 Å². The summed E-state index contributed by atoms with van der Waals surface area (Å²) in [6.45, 7) is 9.94. The van der Waals surface area contributed by atoms with E-state index in [9.17, 15) is 9.59 Å². The van der Waals surface area contributed by atoms with E-state index >= 15 is 0 Å². The third-order valence-corrected chi connectivity index (χ3v) is 5.71. The van der Waals surface area contributed by atoms with Gasteiger partial charge in [-0.1, -0.05) is 43.7 Å². The molecule has 3 rings (SSSR count). The summed E-state index contributed by atoms with van der Waals surface area (Å²) < 4.78 is 0. The van der Waals surface area contributed by atoms with Crippen LogP contribution in [0.4, 0.5) is 4.79 Å². The van der Waals surface area contributed by atoms with E-state index in [0.29, 0.717) is 25.6 Å². The lowest BCUT2D eigenvalue weighted by Crippen LogP contribution is -2.60. The molecular weight excluding hydrogens is 314 g/mol. The minimum atomic E-state index is -0.415. The van der Waals surface area contributed by atoms with Gasteiger partial charge >= 0.3 is 6.03 Å². The highest BCUT2D eigenvalue weighted by atomic mass is 16.2. The first-order valence-electron chi connectivity index (χ1n) is 9.25. The molecule has 1 N–H and O–H groups in total. The number of amides is 3. The van der Waals surface area contributed by atoms with Crippen LogP contribution >= 0.6 is 0 Å². The van der Waals surface area contributed by atoms with E-state index in [1.54, 1.807) is 4.90 Å². The van der Waals surface area contributed by atoms with Gasteiger partial charge in [0.05, 0.1) is 0 Å². The summed E-state index contributed by atoms with van der Waals surface area (Å²) in [7, 11) is 0. The lowest BCUT2D eigenvalue weighted by atomic mass is 10.0. The molecule has 136 valence electrons. The largest absolute Gasteiger partial charge is 0.335 e. The van der Waals surface area contributed by atoms with Gasteiger partial charge in [0.1, 0.15) is 6.04 Å². The van der Waals surface area contributed by atoms with Crippen LogP contribution in [0.3, 0.4) is 0 Å². The third-order valence-electron chi connectivity index (χ3n) is 5.71. The lowest BCUT2D eigenvalue weighted by Gasteiger charge is -2.40. The smallest absolute Gasteiger partial charge is 0.318 e. The molecule has 0 radical (unpaired) electrons. The first-order valence-corrected chi connectivity index (χ1v) is 9.25. The Morgan fingerprint density at radius 3 is 2.64 bits per heavy atom. The van der Waals surface area contributed by atoms with Gasteiger partial charge in [-0.15, -0.1) is 0 Å². The zero-order chi connectivity index (χ0) is 18.2. The molecular formula is C20H29N3O2. The Balaban J connectivity index is 1.62. The number of hydrogen-bond acceptors (Lipinski definition) is 2. The van der Waals surface area contributed by atoms with Gasteiger partial charge in [-0.05, 0) is 38.2 Å². The molecule has 3 amide bonds. The highest BCUT2D eigenvalue weighted by molar-refractivity contribution is 5.88. The van der Waals surface area contributed by atoms with Crippen molar-refractivity contribution in [1.29, 1.82) is 0 Å². The van der Waals surface area contributed by atoms with Crippen LogP contribution in [0.5, 0.6) is 0 Å². The Morgan fingerprint density at radius 1 is 1.32 bits per heavy atom. The van der Waals surface area contributed by atoms with E-state index in [0.717, 1.165) is 18.4 Å². The molecule has 1 aromatic rings. The topological polar surface area (TPSA) is 52.6 Å². The number of carbonyl (C=O) groups excluding carboxylic acids is 2. The minimum absolute atomic E-state index is 0.0253. The van der Waals surface area contributed by atoms with Crippen LogP contribution in [0.1, 0.15) is 44.7 Å². The Bertz CT molecular complexity index is 667. The Kier molecular flexibility index (Phi) is 4.76. The zero-order valence-corrected chi connectivity index (χ0v) is 15.7. The lowest BCUT2D eigenvalue weighted by molar-refractivity contribution is -0.140. The molecule has 0 bridgehead atoms. The average Bonchev–Trinajstić information content (AvgIpc) is 3.33. The van der Waals surface area contributed by atoms with Gasteiger partial charge in [-0.25, -0.2) is 4.79 Å². The molecule has 1 aliphatic carbocycles. The maximum atomic E-state index is 12.7. The Hall–Kier alpha value is -2.04. The maximum absolute atomic E-state index is 12.7. The number of aryl methyl sites for hydroxylation is 1. The van der Waals surface area contributed by atoms with Crippen molar-refractivity contribution < 1.29 is 9.59 Å². The fraction of sp³-hybridized carbons (Fsp3) is 0.600. The molecule has 5 nitrogen and oxygen atoms in total.